The van der Waals surface area contributed by atoms with Gasteiger partial charge in [0.05, 0.1) is 22.9 Å². The van der Waals surface area contributed by atoms with Crippen LogP contribution in [-0.2, 0) is 0 Å². The van der Waals surface area contributed by atoms with E-state index in [9.17, 15) is 0 Å². The first-order valence-corrected chi connectivity index (χ1v) is 6.35. The Balaban J connectivity index is 1.95. The Kier molecular flexibility index (Phi) is 3.25. The fourth-order valence-electron chi connectivity index (χ4n) is 1.84. The third-order valence-electron chi connectivity index (χ3n) is 2.81. The molecule has 0 fully saturated rings. The molecule has 2 nitrogen and oxygen atoms in total. The van der Waals surface area contributed by atoms with Crippen LogP contribution >= 0.6 is 11.6 Å². The Morgan fingerprint density at radius 3 is 2.42 bits per heavy atom. The highest BCUT2D eigenvalue weighted by Gasteiger charge is 1.97. The maximum absolute atomic E-state index is 6.10. The lowest BCUT2D eigenvalue weighted by Gasteiger charge is -1.99. The van der Waals surface area contributed by atoms with Crippen LogP contribution in [0.15, 0.2) is 54.7 Å². The number of aromatic nitrogens is 2. The van der Waals surface area contributed by atoms with Crippen molar-refractivity contribution in [3.63, 3.8) is 0 Å². The minimum Gasteiger partial charge on any atom is -0.252 e. The van der Waals surface area contributed by atoms with Gasteiger partial charge in [-0.05, 0) is 29.8 Å². The maximum Gasteiger partial charge on any atom is 0.0894 e. The monoisotopic (exact) mass is 266 g/mol. The van der Waals surface area contributed by atoms with E-state index in [0.717, 1.165) is 27.3 Å². The Morgan fingerprint density at radius 1 is 0.842 bits per heavy atom. The van der Waals surface area contributed by atoms with Gasteiger partial charge in [0.1, 0.15) is 0 Å². The van der Waals surface area contributed by atoms with E-state index in [1.807, 2.05) is 60.7 Å². The minimum atomic E-state index is 0.729. The number of halogens is 1. The van der Waals surface area contributed by atoms with Crippen LogP contribution in [0, 0.1) is 0 Å². The molecule has 3 aromatic rings. The van der Waals surface area contributed by atoms with Crippen molar-refractivity contribution < 1.29 is 0 Å². The van der Waals surface area contributed by atoms with Crippen molar-refractivity contribution in [2.24, 2.45) is 0 Å². The molecule has 19 heavy (non-hydrogen) atoms. The Hall–Kier alpha value is -2.19. The molecule has 0 amide bonds. The van der Waals surface area contributed by atoms with Gasteiger partial charge < -0.3 is 0 Å². The minimum absolute atomic E-state index is 0.729. The molecule has 0 aliphatic heterocycles. The standard InChI is InChI=1S/C16H11ClN2/c17-14-6-2-1-5-12(14)9-10-13-11-18-15-7-3-4-8-16(15)19-13/h1-11H/b10-9+. The average molecular weight is 267 g/mol. The maximum atomic E-state index is 6.10. The van der Waals surface area contributed by atoms with Gasteiger partial charge in [-0.3, -0.25) is 4.98 Å². The van der Waals surface area contributed by atoms with Crippen LogP contribution in [0.2, 0.25) is 5.02 Å². The van der Waals surface area contributed by atoms with Gasteiger partial charge in [-0.2, -0.15) is 0 Å². The van der Waals surface area contributed by atoms with Gasteiger partial charge in [0.25, 0.3) is 0 Å². The summed E-state index contributed by atoms with van der Waals surface area (Å²) < 4.78 is 0. The van der Waals surface area contributed by atoms with Crippen LogP contribution in [0.3, 0.4) is 0 Å². The zero-order valence-electron chi connectivity index (χ0n) is 10.1. The summed E-state index contributed by atoms with van der Waals surface area (Å²) >= 11 is 6.10. The molecular formula is C16H11ClN2. The van der Waals surface area contributed by atoms with E-state index in [2.05, 4.69) is 9.97 Å². The van der Waals surface area contributed by atoms with Crippen LogP contribution in [-0.4, -0.2) is 9.97 Å². The Labute approximate surface area is 116 Å². The SMILES string of the molecule is Clc1ccccc1/C=C/c1cnc2ccccc2n1. The van der Waals surface area contributed by atoms with E-state index in [0.29, 0.717) is 0 Å². The van der Waals surface area contributed by atoms with Gasteiger partial charge in [0, 0.05) is 5.02 Å². The second kappa shape index (κ2) is 5.21. The summed E-state index contributed by atoms with van der Waals surface area (Å²) in [7, 11) is 0. The van der Waals surface area contributed by atoms with Gasteiger partial charge in [0.15, 0.2) is 0 Å². The molecule has 0 aliphatic carbocycles. The van der Waals surface area contributed by atoms with Crippen molar-refractivity contribution >= 4 is 34.8 Å². The quantitative estimate of drug-likeness (QED) is 0.685. The fraction of sp³-hybridized carbons (Fsp3) is 0. The number of hydrogen-bond acceptors (Lipinski definition) is 2. The summed E-state index contributed by atoms with van der Waals surface area (Å²) in [6.07, 6.45) is 5.62. The third kappa shape index (κ3) is 2.64. The molecule has 1 aromatic heterocycles. The number of benzene rings is 2. The van der Waals surface area contributed by atoms with Crippen LogP contribution in [0.5, 0.6) is 0 Å². The van der Waals surface area contributed by atoms with Crippen LogP contribution < -0.4 is 0 Å². The Bertz CT molecular complexity index is 750. The number of fused-ring (bicyclic) bond motifs is 1. The molecule has 3 heteroatoms. The molecule has 0 radical (unpaired) electrons. The van der Waals surface area contributed by atoms with Crippen molar-refractivity contribution in [2.75, 3.05) is 0 Å². The largest absolute Gasteiger partial charge is 0.252 e. The van der Waals surface area contributed by atoms with Gasteiger partial charge in [0.2, 0.25) is 0 Å². The van der Waals surface area contributed by atoms with E-state index in [1.165, 1.54) is 0 Å². The number of hydrogen-bond donors (Lipinski definition) is 0. The predicted molar refractivity (Wildman–Crippen MR) is 79.9 cm³/mol. The van der Waals surface area contributed by atoms with Crippen LogP contribution in [0.1, 0.15) is 11.3 Å². The van der Waals surface area contributed by atoms with Crippen molar-refractivity contribution in [1.82, 2.24) is 9.97 Å². The average Bonchev–Trinajstić information content (AvgIpc) is 2.46. The van der Waals surface area contributed by atoms with Crippen molar-refractivity contribution in [3.8, 4) is 0 Å². The molecule has 3 rings (SSSR count). The van der Waals surface area contributed by atoms with E-state index >= 15 is 0 Å². The highest BCUT2D eigenvalue weighted by molar-refractivity contribution is 6.32. The molecule has 0 N–H and O–H groups in total. The molecule has 0 unspecified atom stereocenters. The molecule has 1 heterocycles. The van der Waals surface area contributed by atoms with Gasteiger partial charge in [-0.1, -0.05) is 48.0 Å². The second-order valence-corrected chi connectivity index (χ2v) is 4.55. The summed E-state index contributed by atoms with van der Waals surface area (Å²) in [5, 5.41) is 0.729. The third-order valence-corrected chi connectivity index (χ3v) is 3.15. The molecule has 0 bridgehead atoms. The van der Waals surface area contributed by atoms with E-state index in [-0.39, 0.29) is 0 Å². The Morgan fingerprint density at radius 2 is 1.58 bits per heavy atom. The first-order chi connectivity index (χ1) is 9.33. The lowest BCUT2D eigenvalue weighted by molar-refractivity contribution is 1.27. The lowest BCUT2D eigenvalue weighted by Crippen LogP contribution is -1.86. The van der Waals surface area contributed by atoms with Gasteiger partial charge >= 0.3 is 0 Å². The predicted octanol–water partition coefficient (Wildman–Crippen LogP) is 4.45. The topological polar surface area (TPSA) is 25.8 Å². The fourth-order valence-corrected chi connectivity index (χ4v) is 2.04. The summed E-state index contributed by atoms with van der Waals surface area (Å²) in [5.74, 6) is 0. The number of nitrogens with zero attached hydrogens (tertiary/aromatic N) is 2. The molecule has 0 saturated carbocycles. The zero-order valence-corrected chi connectivity index (χ0v) is 10.9. The first kappa shape index (κ1) is 11.9. The molecular weight excluding hydrogens is 256 g/mol. The number of rotatable bonds is 2. The van der Waals surface area contributed by atoms with Crippen molar-refractivity contribution in [1.29, 1.82) is 0 Å². The highest BCUT2D eigenvalue weighted by atomic mass is 35.5. The normalized spacial score (nSPS) is 11.2. The van der Waals surface area contributed by atoms with E-state index < -0.39 is 0 Å². The molecule has 0 aliphatic rings. The summed E-state index contributed by atoms with van der Waals surface area (Å²) in [6.45, 7) is 0. The van der Waals surface area contributed by atoms with Gasteiger partial charge in [-0.15, -0.1) is 0 Å². The zero-order chi connectivity index (χ0) is 13.1. The first-order valence-electron chi connectivity index (χ1n) is 5.97. The number of para-hydroxylation sites is 2. The highest BCUT2D eigenvalue weighted by Crippen LogP contribution is 2.18. The molecule has 92 valence electrons. The van der Waals surface area contributed by atoms with E-state index in [4.69, 9.17) is 11.6 Å². The molecule has 2 aromatic carbocycles. The second-order valence-electron chi connectivity index (χ2n) is 4.14. The van der Waals surface area contributed by atoms with Crippen LogP contribution in [0.25, 0.3) is 23.2 Å². The molecule has 0 saturated heterocycles. The summed E-state index contributed by atoms with van der Waals surface area (Å²) in [5.41, 5.74) is 3.58. The van der Waals surface area contributed by atoms with E-state index in [1.54, 1.807) is 6.20 Å². The van der Waals surface area contributed by atoms with Crippen molar-refractivity contribution in [2.45, 2.75) is 0 Å². The van der Waals surface area contributed by atoms with Crippen LogP contribution in [0.4, 0.5) is 0 Å². The van der Waals surface area contributed by atoms with Gasteiger partial charge in [-0.25, -0.2) is 4.98 Å². The smallest absolute Gasteiger partial charge is 0.0894 e. The summed E-state index contributed by atoms with van der Waals surface area (Å²) in [4.78, 5) is 8.90. The van der Waals surface area contributed by atoms with Crippen molar-refractivity contribution in [3.05, 3.63) is 71.0 Å². The molecule has 0 spiro atoms. The summed E-state index contributed by atoms with van der Waals surface area (Å²) in [6, 6.07) is 15.5. The molecule has 0 atom stereocenters. The lowest BCUT2D eigenvalue weighted by atomic mass is 10.2.